The number of pyridine rings is 2. The second kappa shape index (κ2) is 8.26. The van der Waals surface area contributed by atoms with Crippen molar-refractivity contribution < 1.29 is 9.53 Å². The summed E-state index contributed by atoms with van der Waals surface area (Å²) in [5.74, 6) is 0.908. The van der Waals surface area contributed by atoms with Gasteiger partial charge in [0.15, 0.2) is 0 Å². The van der Waals surface area contributed by atoms with Crippen LogP contribution in [0.1, 0.15) is 11.3 Å². The molecule has 7 nitrogen and oxygen atoms in total. The first-order valence-electron chi connectivity index (χ1n) is 8.01. The van der Waals surface area contributed by atoms with E-state index in [2.05, 4.69) is 25.5 Å². The molecule has 1 fully saturated rings. The summed E-state index contributed by atoms with van der Waals surface area (Å²) in [6, 6.07) is 9.25. The Bertz CT molecular complexity index is 659. The smallest absolute Gasteiger partial charge is 0.315 e. The predicted octanol–water partition coefficient (Wildman–Crippen LogP) is 1.31. The zero-order valence-electron chi connectivity index (χ0n) is 13.4. The van der Waals surface area contributed by atoms with E-state index in [-0.39, 0.29) is 6.03 Å². The number of aromatic nitrogens is 2. The van der Waals surface area contributed by atoms with Gasteiger partial charge in [-0.1, -0.05) is 12.1 Å². The van der Waals surface area contributed by atoms with Crippen molar-refractivity contribution >= 4 is 11.8 Å². The number of urea groups is 1. The summed E-state index contributed by atoms with van der Waals surface area (Å²) in [6.45, 7) is 3.86. The summed E-state index contributed by atoms with van der Waals surface area (Å²) < 4.78 is 5.38. The number of hydrogen-bond donors (Lipinski definition) is 2. The largest absolute Gasteiger partial charge is 0.378 e. The molecule has 0 aliphatic carbocycles. The second-order valence-electron chi connectivity index (χ2n) is 5.44. The minimum absolute atomic E-state index is 0.225. The Kier molecular flexibility index (Phi) is 5.57. The Hall–Kier alpha value is -2.67. The van der Waals surface area contributed by atoms with Crippen LogP contribution < -0.4 is 15.5 Å². The second-order valence-corrected chi connectivity index (χ2v) is 5.44. The van der Waals surface area contributed by atoms with Crippen molar-refractivity contribution in [3.8, 4) is 0 Å². The van der Waals surface area contributed by atoms with E-state index in [0.29, 0.717) is 26.3 Å². The van der Waals surface area contributed by atoms with Gasteiger partial charge in [0.05, 0.1) is 25.5 Å². The van der Waals surface area contributed by atoms with Crippen LogP contribution in [0.25, 0.3) is 0 Å². The molecule has 2 aromatic rings. The van der Waals surface area contributed by atoms with Crippen molar-refractivity contribution in [2.24, 2.45) is 0 Å². The van der Waals surface area contributed by atoms with Gasteiger partial charge in [0.25, 0.3) is 0 Å². The molecule has 0 radical (unpaired) electrons. The third kappa shape index (κ3) is 4.42. The summed E-state index contributed by atoms with van der Waals surface area (Å²) in [7, 11) is 0. The van der Waals surface area contributed by atoms with Gasteiger partial charge in [-0.2, -0.15) is 0 Å². The molecule has 1 aliphatic heterocycles. The van der Waals surface area contributed by atoms with Crippen molar-refractivity contribution in [3.63, 3.8) is 0 Å². The molecule has 1 aliphatic rings. The molecule has 2 aromatic heterocycles. The standard InChI is InChI=1S/C17H21N5O2/c23-17(21-13-15-5-1-2-6-18-15)20-12-14-4-3-7-19-16(14)22-8-10-24-11-9-22/h1-7H,8-13H2,(H2,20,21,23). The number of ether oxygens (including phenoxy) is 1. The van der Waals surface area contributed by atoms with Gasteiger partial charge in [0.2, 0.25) is 0 Å². The molecular weight excluding hydrogens is 306 g/mol. The van der Waals surface area contributed by atoms with Crippen LogP contribution in [-0.2, 0) is 17.8 Å². The highest BCUT2D eigenvalue weighted by atomic mass is 16.5. The summed E-state index contributed by atoms with van der Waals surface area (Å²) >= 11 is 0. The number of anilines is 1. The number of morpholine rings is 1. The van der Waals surface area contributed by atoms with Gasteiger partial charge in [-0.3, -0.25) is 4.98 Å². The van der Waals surface area contributed by atoms with E-state index >= 15 is 0 Å². The first-order chi connectivity index (χ1) is 11.8. The highest BCUT2D eigenvalue weighted by Gasteiger charge is 2.16. The van der Waals surface area contributed by atoms with Gasteiger partial charge < -0.3 is 20.3 Å². The fourth-order valence-corrected chi connectivity index (χ4v) is 2.54. The van der Waals surface area contributed by atoms with Crippen molar-refractivity contribution in [2.45, 2.75) is 13.1 Å². The molecule has 0 unspecified atom stereocenters. The normalized spacial score (nSPS) is 14.2. The number of nitrogens with zero attached hydrogens (tertiary/aromatic N) is 3. The number of nitrogens with one attached hydrogen (secondary N) is 2. The van der Waals surface area contributed by atoms with Crippen molar-refractivity contribution in [3.05, 3.63) is 54.0 Å². The maximum Gasteiger partial charge on any atom is 0.315 e. The fraction of sp³-hybridized carbons (Fsp3) is 0.353. The Morgan fingerprint density at radius 3 is 2.62 bits per heavy atom. The average Bonchev–Trinajstić information content (AvgIpc) is 2.66. The van der Waals surface area contributed by atoms with E-state index in [4.69, 9.17) is 4.74 Å². The van der Waals surface area contributed by atoms with Gasteiger partial charge in [-0.15, -0.1) is 0 Å². The highest BCUT2D eigenvalue weighted by Crippen LogP contribution is 2.18. The van der Waals surface area contributed by atoms with E-state index in [1.165, 1.54) is 0 Å². The van der Waals surface area contributed by atoms with Crippen LogP contribution in [-0.4, -0.2) is 42.3 Å². The first kappa shape index (κ1) is 16.2. The topological polar surface area (TPSA) is 79.4 Å². The molecule has 0 bridgehead atoms. The van der Waals surface area contributed by atoms with Crippen LogP contribution in [0, 0.1) is 0 Å². The molecule has 2 N–H and O–H groups in total. The number of rotatable bonds is 5. The Balaban J connectivity index is 1.53. The van der Waals surface area contributed by atoms with Gasteiger partial charge in [-0.25, -0.2) is 9.78 Å². The van der Waals surface area contributed by atoms with Crippen LogP contribution >= 0.6 is 0 Å². The molecular formula is C17H21N5O2. The summed E-state index contributed by atoms with van der Waals surface area (Å²) in [4.78, 5) is 22.8. The lowest BCUT2D eigenvalue weighted by atomic mass is 10.2. The quantitative estimate of drug-likeness (QED) is 0.866. The number of hydrogen-bond acceptors (Lipinski definition) is 5. The van der Waals surface area contributed by atoms with Crippen LogP contribution in [0.2, 0.25) is 0 Å². The molecule has 3 heterocycles. The zero-order valence-corrected chi connectivity index (χ0v) is 13.4. The molecule has 1 saturated heterocycles. The van der Waals surface area contributed by atoms with Crippen molar-refractivity contribution in [1.82, 2.24) is 20.6 Å². The molecule has 0 spiro atoms. The molecule has 7 heteroatoms. The first-order valence-corrected chi connectivity index (χ1v) is 8.01. The number of carbonyl (C=O) groups is 1. The maximum atomic E-state index is 12.0. The maximum absolute atomic E-state index is 12.0. The van der Waals surface area contributed by atoms with E-state index in [0.717, 1.165) is 30.2 Å². The molecule has 0 atom stereocenters. The third-order valence-electron chi connectivity index (χ3n) is 3.77. The monoisotopic (exact) mass is 327 g/mol. The zero-order chi connectivity index (χ0) is 16.6. The van der Waals surface area contributed by atoms with Gasteiger partial charge in [-0.05, 0) is 18.2 Å². The molecule has 3 rings (SSSR count). The van der Waals surface area contributed by atoms with E-state index < -0.39 is 0 Å². The van der Waals surface area contributed by atoms with Crippen LogP contribution in [0.4, 0.5) is 10.6 Å². The molecule has 24 heavy (non-hydrogen) atoms. The lowest BCUT2D eigenvalue weighted by Crippen LogP contribution is -2.38. The van der Waals surface area contributed by atoms with E-state index in [1.54, 1.807) is 12.4 Å². The average molecular weight is 327 g/mol. The minimum atomic E-state index is -0.225. The molecule has 0 aromatic carbocycles. The van der Waals surface area contributed by atoms with Gasteiger partial charge in [0, 0.05) is 37.6 Å². The Morgan fingerprint density at radius 1 is 1.04 bits per heavy atom. The van der Waals surface area contributed by atoms with Crippen LogP contribution in [0.5, 0.6) is 0 Å². The van der Waals surface area contributed by atoms with Crippen molar-refractivity contribution in [2.75, 3.05) is 31.2 Å². The van der Waals surface area contributed by atoms with Crippen LogP contribution in [0.15, 0.2) is 42.7 Å². The molecule has 2 amide bonds. The van der Waals surface area contributed by atoms with Crippen LogP contribution in [0.3, 0.4) is 0 Å². The summed E-state index contributed by atoms with van der Waals surface area (Å²) in [6.07, 6.45) is 3.48. The lowest BCUT2D eigenvalue weighted by Gasteiger charge is -2.29. The molecule has 126 valence electrons. The highest BCUT2D eigenvalue weighted by molar-refractivity contribution is 5.74. The van der Waals surface area contributed by atoms with Crippen molar-refractivity contribution in [1.29, 1.82) is 0 Å². The third-order valence-corrected chi connectivity index (χ3v) is 3.77. The van der Waals surface area contributed by atoms with Gasteiger partial charge >= 0.3 is 6.03 Å². The minimum Gasteiger partial charge on any atom is -0.378 e. The van der Waals surface area contributed by atoms with E-state index in [9.17, 15) is 4.79 Å². The van der Waals surface area contributed by atoms with E-state index in [1.807, 2.05) is 30.3 Å². The Morgan fingerprint density at radius 2 is 1.83 bits per heavy atom. The fourth-order valence-electron chi connectivity index (χ4n) is 2.54. The van der Waals surface area contributed by atoms with Gasteiger partial charge in [0.1, 0.15) is 5.82 Å². The SMILES string of the molecule is O=C(NCc1ccccn1)NCc1cccnc1N1CCOCC1. The summed E-state index contributed by atoms with van der Waals surface area (Å²) in [5, 5.41) is 5.67. The summed E-state index contributed by atoms with van der Waals surface area (Å²) in [5.41, 5.74) is 1.82. The number of carbonyl (C=O) groups excluding carboxylic acids is 1. The predicted molar refractivity (Wildman–Crippen MR) is 90.6 cm³/mol. The Labute approximate surface area is 141 Å². The lowest BCUT2D eigenvalue weighted by molar-refractivity contribution is 0.122. The number of amides is 2. The molecule has 0 saturated carbocycles.